The van der Waals surface area contributed by atoms with E-state index in [1.54, 1.807) is 14.2 Å². The molecule has 2 aromatic carbocycles. The Kier molecular flexibility index (Phi) is 9.51. The van der Waals surface area contributed by atoms with Gasteiger partial charge in [0, 0.05) is 13.0 Å². The smallest absolute Gasteiger partial charge is 0.306 e. The molecule has 0 bridgehead atoms. The summed E-state index contributed by atoms with van der Waals surface area (Å²) in [6.07, 6.45) is 1.34. The zero-order valence-electron chi connectivity index (χ0n) is 17.7. The van der Waals surface area contributed by atoms with Crippen molar-refractivity contribution in [2.45, 2.75) is 26.2 Å². The van der Waals surface area contributed by atoms with E-state index in [1.807, 2.05) is 49.4 Å². The first kappa shape index (κ1) is 23.1. The summed E-state index contributed by atoms with van der Waals surface area (Å²) in [4.78, 5) is 23.6. The van der Waals surface area contributed by atoms with E-state index >= 15 is 0 Å². The predicted octanol–water partition coefficient (Wildman–Crippen LogP) is 3.07. The second kappa shape index (κ2) is 12.4. The van der Waals surface area contributed by atoms with Crippen molar-refractivity contribution in [1.82, 2.24) is 5.32 Å². The molecule has 0 aliphatic rings. The van der Waals surface area contributed by atoms with E-state index in [0.29, 0.717) is 37.5 Å². The molecule has 0 aromatic heterocycles. The van der Waals surface area contributed by atoms with Gasteiger partial charge in [0.05, 0.1) is 20.8 Å². The Bertz CT molecular complexity index is 819. The number of hydrogen-bond donors (Lipinski definition) is 1. The van der Waals surface area contributed by atoms with Crippen LogP contribution in [0.1, 0.15) is 24.0 Å². The van der Waals surface area contributed by atoms with Gasteiger partial charge in [0.15, 0.2) is 18.1 Å². The first-order valence-corrected chi connectivity index (χ1v) is 9.84. The molecule has 0 saturated carbocycles. The van der Waals surface area contributed by atoms with Gasteiger partial charge in [-0.25, -0.2) is 0 Å². The highest BCUT2D eigenvalue weighted by atomic mass is 16.5. The third kappa shape index (κ3) is 8.03. The summed E-state index contributed by atoms with van der Waals surface area (Å²) in [5.41, 5.74) is 2.16. The van der Waals surface area contributed by atoms with Crippen LogP contribution in [0.3, 0.4) is 0 Å². The Hall–Kier alpha value is -3.22. The molecule has 0 fully saturated rings. The standard InChI is InChI=1S/C23H29NO6/c1-17-6-9-19(10-7-17)29-14-4-5-23(26)30-16-22(25)24-13-12-18-8-11-20(27-2)21(15-18)28-3/h6-11,15H,4-5,12-14,16H2,1-3H3,(H,24,25). The van der Waals surface area contributed by atoms with Gasteiger partial charge in [-0.15, -0.1) is 0 Å². The summed E-state index contributed by atoms with van der Waals surface area (Å²) in [7, 11) is 3.16. The lowest BCUT2D eigenvalue weighted by Gasteiger charge is -2.10. The molecular weight excluding hydrogens is 386 g/mol. The van der Waals surface area contributed by atoms with Crippen LogP contribution in [0.15, 0.2) is 42.5 Å². The molecular formula is C23H29NO6. The molecule has 0 aliphatic carbocycles. The molecule has 2 aromatic rings. The van der Waals surface area contributed by atoms with Crippen LogP contribution in [0.4, 0.5) is 0 Å². The Morgan fingerprint density at radius 2 is 1.70 bits per heavy atom. The molecule has 0 atom stereocenters. The molecule has 1 N–H and O–H groups in total. The van der Waals surface area contributed by atoms with Crippen molar-refractivity contribution in [1.29, 1.82) is 0 Å². The maximum absolute atomic E-state index is 11.8. The molecule has 0 heterocycles. The van der Waals surface area contributed by atoms with Crippen LogP contribution in [0.25, 0.3) is 0 Å². The number of nitrogens with one attached hydrogen (secondary N) is 1. The lowest BCUT2D eigenvalue weighted by Crippen LogP contribution is -2.30. The average Bonchev–Trinajstić information content (AvgIpc) is 2.76. The maximum Gasteiger partial charge on any atom is 0.306 e. The Morgan fingerprint density at radius 1 is 0.967 bits per heavy atom. The summed E-state index contributed by atoms with van der Waals surface area (Å²) in [6, 6.07) is 13.3. The van der Waals surface area contributed by atoms with E-state index in [-0.39, 0.29) is 18.9 Å². The van der Waals surface area contributed by atoms with E-state index in [0.717, 1.165) is 16.9 Å². The molecule has 2 rings (SSSR count). The number of esters is 1. The van der Waals surface area contributed by atoms with Crippen molar-refractivity contribution in [3.63, 3.8) is 0 Å². The molecule has 30 heavy (non-hydrogen) atoms. The highest BCUT2D eigenvalue weighted by molar-refractivity contribution is 5.80. The van der Waals surface area contributed by atoms with Gasteiger partial charge in [-0.3, -0.25) is 9.59 Å². The second-order valence-corrected chi connectivity index (χ2v) is 6.72. The minimum Gasteiger partial charge on any atom is -0.494 e. The molecule has 0 radical (unpaired) electrons. The number of amides is 1. The molecule has 0 saturated heterocycles. The van der Waals surface area contributed by atoms with Crippen molar-refractivity contribution < 1.29 is 28.5 Å². The largest absolute Gasteiger partial charge is 0.494 e. The minimum absolute atomic E-state index is 0.199. The molecule has 162 valence electrons. The van der Waals surface area contributed by atoms with Crippen LogP contribution in [-0.4, -0.2) is 45.9 Å². The first-order valence-electron chi connectivity index (χ1n) is 9.84. The van der Waals surface area contributed by atoms with Gasteiger partial charge in [-0.2, -0.15) is 0 Å². The van der Waals surface area contributed by atoms with Crippen LogP contribution >= 0.6 is 0 Å². The van der Waals surface area contributed by atoms with Crippen molar-refractivity contribution in [3.8, 4) is 17.2 Å². The highest BCUT2D eigenvalue weighted by Crippen LogP contribution is 2.27. The van der Waals surface area contributed by atoms with Crippen LogP contribution in [0, 0.1) is 6.92 Å². The number of ether oxygens (including phenoxy) is 4. The number of carbonyl (C=O) groups is 2. The SMILES string of the molecule is COc1ccc(CCNC(=O)COC(=O)CCCOc2ccc(C)cc2)cc1OC. The molecule has 7 heteroatoms. The number of benzene rings is 2. The lowest BCUT2D eigenvalue weighted by molar-refractivity contribution is -0.148. The van der Waals surface area contributed by atoms with E-state index in [2.05, 4.69) is 5.32 Å². The summed E-state index contributed by atoms with van der Waals surface area (Å²) in [5, 5.41) is 2.73. The molecule has 1 amide bonds. The second-order valence-electron chi connectivity index (χ2n) is 6.72. The number of carbonyl (C=O) groups excluding carboxylic acids is 2. The van der Waals surface area contributed by atoms with Crippen LogP contribution < -0.4 is 19.5 Å². The summed E-state index contributed by atoms with van der Waals surface area (Å²) < 4.78 is 21.0. The zero-order valence-corrected chi connectivity index (χ0v) is 17.7. The number of methoxy groups -OCH3 is 2. The number of rotatable bonds is 12. The van der Waals surface area contributed by atoms with Gasteiger partial charge >= 0.3 is 5.97 Å². The molecule has 0 spiro atoms. The third-order valence-corrected chi connectivity index (χ3v) is 4.36. The van der Waals surface area contributed by atoms with Crippen LogP contribution in [-0.2, 0) is 20.7 Å². The maximum atomic E-state index is 11.8. The zero-order chi connectivity index (χ0) is 21.8. The molecule has 7 nitrogen and oxygen atoms in total. The fourth-order valence-electron chi connectivity index (χ4n) is 2.69. The average molecular weight is 415 g/mol. The Morgan fingerprint density at radius 3 is 2.40 bits per heavy atom. The summed E-state index contributed by atoms with van der Waals surface area (Å²) in [6.45, 7) is 2.56. The highest BCUT2D eigenvalue weighted by Gasteiger charge is 2.08. The monoisotopic (exact) mass is 415 g/mol. The lowest BCUT2D eigenvalue weighted by atomic mass is 10.1. The summed E-state index contributed by atoms with van der Waals surface area (Å²) >= 11 is 0. The molecule has 0 unspecified atom stereocenters. The van der Waals surface area contributed by atoms with Crippen molar-refractivity contribution >= 4 is 11.9 Å². The topological polar surface area (TPSA) is 83.1 Å². The van der Waals surface area contributed by atoms with Gasteiger partial charge < -0.3 is 24.3 Å². The quantitative estimate of drug-likeness (QED) is 0.424. The van der Waals surface area contributed by atoms with Gasteiger partial charge in [0.2, 0.25) is 0 Å². The van der Waals surface area contributed by atoms with Crippen molar-refractivity contribution in [2.75, 3.05) is 34.0 Å². The van der Waals surface area contributed by atoms with Crippen molar-refractivity contribution in [2.24, 2.45) is 0 Å². The number of aryl methyl sites for hydroxylation is 1. The summed E-state index contributed by atoms with van der Waals surface area (Å²) in [5.74, 6) is 1.31. The first-order chi connectivity index (χ1) is 14.5. The van der Waals surface area contributed by atoms with Gasteiger partial charge in [-0.1, -0.05) is 23.8 Å². The fraction of sp³-hybridized carbons (Fsp3) is 0.391. The normalized spacial score (nSPS) is 10.2. The van der Waals surface area contributed by atoms with Crippen LogP contribution in [0.5, 0.6) is 17.2 Å². The van der Waals surface area contributed by atoms with E-state index in [9.17, 15) is 9.59 Å². The Balaban J connectivity index is 1.57. The van der Waals surface area contributed by atoms with Crippen molar-refractivity contribution in [3.05, 3.63) is 53.6 Å². The van der Waals surface area contributed by atoms with E-state index in [4.69, 9.17) is 18.9 Å². The van der Waals surface area contributed by atoms with E-state index in [1.165, 1.54) is 0 Å². The number of hydrogen-bond acceptors (Lipinski definition) is 6. The molecule has 0 aliphatic heterocycles. The van der Waals surface area contributed by atoms with E-state index < -0.39 is 5.97 Å². The third-order valence-electron chi connectivity index (χ3n) is 4.36. The van der Waals surface area contributed by atoms with Gasteiger partial charge in [-0.05, 0) is 49.6 Å². The fourth-order valence-corrected chi connectivity index (χ4v) is 2.69. The minimum atomic E-state index is -0.419. The van der Waals surface area contributed by atoms with Gasteiger partial charge in [0.1, 0.15) is 5.75 Å². The van der Waals surface area contributed by atoms with Crippen LogP contribution in [0.2, 0.25) is 0 Å². The Labute approximate surface area is 177 Å². The van der Waals surface area contributed by atoms with Gasteiger partial charge in [0.25, 0.3) is 5.91 Å². The predicted molar refractivity (Wildman–Crippen MR) is 113 cm³/mol.